The molecule has 36 heavy (non-hydrogen) atoms. The highest BCUT2D eigenvalue weighted by Gasteiger charge is 2.17. The molecule has 1 amide bonds. The predicted octanol–water partition coefficient (Wildman–Crippen LogP) is 6.08. The van der Waals surface area contributed by atoms with Gasteiger partial charge in [0.25, 0.3) is 11.6 Å². The Morgan fingerprint density at radius 3 is 2.64 bits per heavy atom. The van der Waals surface area contributed by atoms with E-state index in [-0.39, 0.29) is 23.6 Å². The van der Waals surface area contributed by atoms with Gasteiger partial charge >= 0.3 is 0 Å². The zero-order chi connectivity index (χ0) is 26.2. The third-order valence-corrected chi connectivity index (χ3v) is 5.95. The number of hydrogen-bond donors (Lipinski definition) is 2. The van der Waals surface area contributed by atoms with Crippen LogP contribution in [0.2, 0.25) is 5.02 Å². The number of non-ortho nitro benzene ring substituents is 1. The molecule has 0 aliphatic heterocycles. The zero-order valence-electron chi connectivity index (χ0n) is 18.8. The monoisotopic (exact) mass is 619 g/mol. The standard InChI is InChI=1S/C25H19ClIN3O6/c1-2-35-23-11-15(10-20(27)24(23)36-14-16-5-3-4-6-19(16)26)9-17(13-28)25(32)29-21-8-7-18(30(33)34)12-22(21)31/h3-12,31H,2,14H2,1H3,(H,29,32)/b17-9-. The predicted molar refractivity (Wildman–Crippen MR) is 143 cm³/mol. The first-order valence-electron chi connectivity index (χ1n) is 10.5. The van der Waals surface area contributed by atoms with Gasteiger partial charge in [0.05, 0.1) is 26.9 Å². The minimum atomic E-state index is -0.798. The Morgan fingerprint density at radius 1 is 1.25 bits per heavy atom. The fourth-order valence-electron chi connectivity index (χ4n) is 3.08. The summed E-state index contributed by atoms with van der Waals surface area (Å²) in [7, 11) is 0. The number of carbonyl (C=O) groups excluding carboxylic acids is 1. The van der Waals surface area contributed by atoms with E-state index in [1.807, 2.05) is 31.2 Å². The SMILES string of the molecule is CCOc1cc(/C=C(/C#N)C(=O)Nc2ccc([N+](=O)[O-])cc2O)cc(I)c1OCc1ccccc1Cl. The molecule has 11 heteroatoms. The number of anilines is 1. The molecule has 0 aliphatic carbocycles. The zero-order valence-corrected chi connectivity index (χ0v) is 21.7. The number of ether oxygens (including phenoxy) is 2. The Morgan fingerprint density at radius 2 is 2.00 bits per heavy atom. The average Bonchev–Trinajstić information content (AvgIpc) is 2.84. The summed E-state index contributed by atoms with van der Waals surface area (Å²) in [6.07, 6.45) is 1.36. The molecule has 2 N–H and O–H groups in total. The van der Waals surface area contributed by atoms with Gasteiger partial charge in [0.2, 0.25) is 0 Å². The lowest BCUT2D eigenvalue weighted by molar-refractivity contribution is -0.384. The summed E-state index contributed by atoms with van der Waals surface area (Å²) in [4.78, 5) is 22.8. The molecule has 0 aliphatic rings. The van der Waals surface area contributed by atoms with Crippen LogP contribution in [0.4, 0.5) is 11.4 Å². The molecule has 0 saturated carbocycles. The summed E-state index contributed by atoms with van der Waals surface area (Å²) >= 11 is 8.29. The van der Waals surface area contributed by atoms with E-state index in [1.165, 1.54) is 12.1 Å². The molecular weight excluding hydrogens is 601 g/mol. The van der Waals surface area contributed by atoms with Crippen molar-refractivity contribution < 1.29 is 24.3 Å². The smallest absolute Gasteiger partial charge is 0.273 e. The quantitative estimate of drug-likeness (QED) is 0.0740. The van der Waals surface area contributed by atoms with Gasteiger partial charge in [0.1, 0.15) is 24.0 Å². The highest BCUT2D eigenvalue weighted by Crippen LogP contribution is 2.36. The van der Waals surface area contributed by atoms with Crippen LogP contribution in [0.25, 0.3) is 6.08 Å². The topological polar surface area (TPSA) is 135 Å². The normalized spacial score (nSPS) is 10.9. The van der Waals surface area contributed by atoms with Crippen LogP contribution in [0.1, 0.15) is 18.1 Å². The van der Waals surface area contributed by atoms with Crippen LogP contribution >= 0.6 is 34.2 Å². The maximum absolute atomic E-state index is 12.7. The molecular formula is C25H19ClIN3O6. The molecule has 9 nitrogen and oxygen atoms in total. The van der Waals surface area contributed by atoms with Crippen LogP contribution in [0.3, 0.4) is 0 Å². The van der Waals surface area contributed by atoms with Crippen molar-refractivity contribution in [1.82, 2.24) is 0 Å². The van der Waals surface area contributed by atoms with Gasteiger partial charge < -0.3 is 19.9 Å². The molecule has 0 bridgehead atoms. The van der Waals surface area contributed by atoms with E-state index < -0.39 is 16.6 Å². The second kappa shape index (κ2) is 12.2. The van der Waals surface area contributed by atoms with Gasteiger partial charge in [-0.3, -0.25) is 14.9 Å². The van der Waals surface area contributed by atoms with Crippen LogP contribution in [0.5, 0.6) is 17.2 Å². The lowest BCUT2D eigenvalue weighted by atomic mass is 10.1. The van der Waals surface area contributed by atoms with Gasteiger partial charge in [-0.2, -0.15) is 5.26 Å². The van der Waals surface area contributed by atoms with E-state index in [4.69, 9.17) is 21.1 Å². The van der Waals surface area contributed by atoms with Gasteiger partial charge in [-0.25, -0.2) is 0 Å². The third kappa shape index (κ3) is 6.65. The number of nitrogens with zero attached hydrogens (tertiary/aromatic N) is 2. The van der Waals surface area contributed by atoms with Crippen molar-refractivity contribution >= 4 is 57.5 Å². The van der Waals surface area contributed by atoms with Crippen LogP contribution in [-0.2, 0) is 11.4 Å². The molecule has 0 radical (unpaired) electrons. The van der Waals surface area contributed by atoms with E-state index in [0.717, 1.165) is 17.7 Å². The Balaban J connectivity index is 1.86. The molecule has 0 unspecified atom stereocenters. The van der Waals surface area contributed by atoms with E-state index in [1.54, 1.807) is 18.2 Å². The van der Waals surface area contributed by atoms with Gasteiger partial charge in [-0.15, -0.1) is 0 Å². The van der Waals surface area contributed by atoms with E-state index >= 15 is 0 Å². The van der Waals surface area contributed by atoms with Crippen molar-refractivity contribution in [2.75, 3.05) is 11.9 Å². The number of nitrogens with one attached hydrogen (secondary N) is 1. The van der Waals surface area contributed by atoms with E-state index in [9.17, 15) is 25.3 Å². The Kier molecular flexibility index (Phi) is 9.10. The number of phenolic OH excluding ortho intramolecular Hbond substituents is 1. The summed E-state index contributed by atoms with van der Waals surface area (Å²) in [5.74, 6) is -0.376. The molecule has 0 aromatic heterocycles. The summed E-state index contributed by atoms with van der Waals surface area (Å²) in [6.45, 7) is 2.39. The van der Waals surface area contributed by atoms with Gasteiger partial charge in [-0.05, 0) is 65.4 Å². The molecule has 3 aromatic carbocycles. The van der Waals surface area contributed by atoms with Gasteiger partial charge in [0, 0.05) is 16.7 Å². The van der Waals surface area contributed by atoms with Crippen molar-refractivity contribution in [3.63, 3.8) is 0 Å². The number of aromatic hydroxyl groups is 1. The van der Waals surface area contributed by atoms with E-state index in [2.05, 4.69) is 27.9 Å². The first-order chi connectivity index (χ1) is 17.2. The van der Waals surface area contributed by atoms with Crippen molar-refractivity contribution in [3.8, 4) is 23.3 Å². The lowest BCUT2D eigenvalue weighted by Crippen LogP contribution is -2.13. The number of benzene rings is 3. The first kappa shape index (κ1) is 26.8. The Hall–Kier alpha value is -3.82. The van der Waals surface area contributed by atoms with Crippen molar-refractivity contribution in [3.05, 3.63) is 90.0 Å². The van der Waals surface area contributed by atoms with E-state index in [0.29, 0.717) is 32.3 Å². The lowest BCUT2D eigenvalue weighted by Gasteiger charge is -2.15. The summed E-state index contributed by atoms with van der Waals surface area (Å²) in [5.41, 5.74) is 0.652. The number of phenols is 1. The number of nitriles is 1. The average molecular weight is 620 g/mol. The maximum atomic E-state index is 12.7. The van der Waals surface area contributed by atoms with Gasteiger partial charge in [0.15, 0.2) is 11.5 Å². The number of nitro benzene ring substituents is 1. The summed E-state index contributed by atoms with van der Waals surface area (Å²) < 4.78 is 12.4. The highest BCUT2D eigenvalue weighted by molar-refractivity contribution is 14.1. The molecule has 3 aromatic rings. The second-order valence-corrected chi connectivity index (χ2v) is 8.79. The van der Waals surface area contributed by atoms with Crippen molar-refractivity contribution in [1.29, 1.82) is 5.26 Å². The van der Waals surface area contributed by atoms with Crippen molar-refractivity contribution in [2.45, 2.75) is 13.5 Å². The van der Waals surface area contributed by atoms with Gasteiger partial charge in [-0.1, -0.05) is 29.8 Å². The van der Waals surface area contributed by atoms with Crippen molar-refractivity contribution in [2.24, 2.45) is 0 Å². The first-order valence-corrected chi connectivity index (χ1v) is 11.9. The fraction of sp³-hybridized carbons (Fsp3) is 0.120. The molecule has 0 saturated heterocycles. The van der Waals surface area contributed by atoms with Crippen LogP contribution in [-0.4, -0.2) is 22.5 Å². The number of halogens is 2. The molecule has 0 atom stereocenters. The summed E-state index contributed by atoms with van der Waals surface area (Å²) in [6, 6.07) is 15.7. The largest absolute Gasteiger partial charge is 0.506 e. The molecule has 0 fully saturated rings. The number of hydrogen-bond acceptors (Lipinski definition) is 7. The number of nitro groups is 1. The number of carbonyl (C=O) groups is 1. The number of rotatable bonds is 9. The highest BCUT2D eigenvalue weighted by atomic mass is 127. The molecule has 0 spiro atoms. The minimum Gasteiger partial charge on any atom is -0.506 e. The minimum absolute atomic E-state index is 0.0698. The maximum Gasteiger partial charge on any atom is 0.273 e. The summed E-state index contributed by atoms with van der Waals surface area (Å²) in [5, 5.41) is 33.3. The van der Waals surface area contributed by atoms with Crippen LogP contribution < -0.4 is 14.8 Å². The second-order valence-electron chi connectivity index (χ2n) is 7.23. The fourth-order valence-corrected chi connectivity index (χ4v) is 4.06. The molecule has 184 valence electrons. The Labute approximate surface area is 225 Å². The third-order valence-electron chi connectivity index (χ3n) is 4.78. The molecule has 3 rings (SSSR count). The molecule has 0 heterocycles. The van der Waals surface area contributed by atoms with Crippen LogP contribution in [0.15, 0.2) is 60.2 Å². The Bertz CT molecular complexity index is 1390. The number of amides is 1. The van der Waals surface area contributed by atoms with Crippen LogP contribution in [0, 0.1) is 25.0 Å².